The van der Waals surface area contributed by atoms with E-state index in [0.717, 1.165) is 25.7 Å². The summed E-state index contributed by atoms with van der Waals surface area (Å²) in [6.07, 6.45) is 13.1. The van der Waals surface area contributed by atoms with Gasteiger partial charge >= 0.3 is 26.2 Å². The van der Waals surface area contributed by atoms with Crippen molar-refractivity contribution in [2.24, 2.45) is 0 Å². The zero-order valence-electron chi connectivity index (χ0n) is 13.8. The van der Waals surface area contributed by atoms with Crippen LogP contribution in [0.1, 0.15) is 79.1 Å². The van der Waals surface area contributed by atoms with Crippen LogP contribution in [0, 0.1) is 0 Å². The molecule has 5 heteroatoms. The summed E-state index contributed by atoms with van der Waals surface area (Å²) in [5, 5.41) is 0. The number of hydrogen-bond acceptors (Lipinski definition) is 4. The summed E-state index contributed by atoms with van der Waals surface area (Å²) in [7, 11) is 0. The Morgan fingerprint density at radius 1 is 0.476 bits per heavy atom. The van der Waals surface area contributed by atoms with Gasteiger partial charge in [-0.3, -0.25) is 25.1 Å². The Bertz CT molecular complexity index is 145. The van der Waals surface area contributed by atoms with Crippen molar-refractivity contribution in [2.45, 2.75) is 79.1 Å². The van der Waals surface area contributed by atoms with Gasteiger partial charge in [0.2, 0.25) is 0 Å². The molecule has 0 aliphatic carbocycles. The summed E-state index contributed by atoms with van der Waals surface area (Å²) in [6.45, 7) is 7.80. The van der Waals surface area contributed by atoms with E-state index in [2.05, 4.69) is 0 Å². The van der Waals surface area contributed by atoms with Crippen molar-refractivity contribution in [3.05, 3.63) is 0 Å². The van der Waals surface area contributed by atoms with Crippen LogP contribution in [-0.2, 0) is 45.4 Å². The standard InChI is InChI=1S/4C4H7O.Zr/c4*1-2-3-4-5;/h4*2-3H2,1H3;/q4*-1;+4. The monoisotopic (exact) mass is 374 g/mol. The van der Waals surface area contributed by atoms with Gasteiger partial charge in [0.25, 0.3) is 0 Å². The van der Waals surface area contributed by atoms with Gasteiger partial charge in [0.15, 0.2) is 0 Å². The van der Waals surface area contributed by atoms with Crippen molar-refractivity contribution in [3.8, 4) is 0 Å². The van der Waals surface area contributed by atoms with E-state index >= 15 is 0 Å². The smallest absolute Gasteiger partial charge is 0.542 e. The van der Waals surface area contributed by atoms with E-state index in [-0.39, 0.29) is 26.2 Å². The van der Waals surface area contributed by atoms with Crippen molar-refractivity contribution in [1.29, 1.82) is 0 Å². The van der Waals surface area contributed by atoms with Crippen LogP contribution in [0.15, 0.2) is 0 Å². The Morgan fingerprint density at radius 2 is 0.619 bits per heavy atom. The molecule has 0 amide bonds. The van der Waals surface area contributed by atoms with Gasteiger partial charge in [-0.25, -0.2) is 0 Å². The van der Waals surface area contributed by atoms with E-state index in [1.54, 1.807) is 25.1 Å². The average Bonchev–Trinajstić information content (AvgIpc) is 2.44. The topological polar surface area (TPSA) is 68.3 Å². The van der Waals surface area contributed by atoms with E-state index in [0.29, 0.717) is 25.7 Å². The predicted molar refractivity (Wildman–Crippen MR) is 82.4 cm³/mol. The maximum absolute atomic E-state index is 9.28. The summed E-state index contributed by atoms with van der Waals surface area (Å²) in [6, 6.07) is 0. The number of rotatable bonds is 8. The van der Waals surface area contributed by atoms with Crippen LogP contribution < -0.4 is 0 Å². The van der Waals surface area contributed by atoms with E-state index in [1.165, 1.54) is 0 Å². The summed E-state index contributed by atoms with van der Waals surface area (Å²) in [4.78, 5) is 37.1. The molecule has 0 saturated heterocycles. The normalized spacial score (nSPS) is 7.05. The summed E-state index contributed by atoms with van der Waals surface area (Å²) < 4.78 is 0. The molecule has 4 nitrogen and oxygen atoms in total. The molecule has 21 heavy (non-hydrogen) atoms. The molecule has 0 aromatic heterocycles. The Hall–Kier alpha value is -0.437. The zero-order valence-corrected chi connectivity index (χ0v) is 16.2. The largest absolute Gasteiger partial charge is 4.00 e. The molecular formula is C16H28O4Zr. The molecule has 0 aromatic carbocycles. The van der Waals surface area contributed by atoms with Crippen LogP contribution in [-0.4, -0.2) is 25.1 Å². The van der Waals surface area contributed by atoms with E-state index in [4.69, 9.17) is 0 Å². The minimum Gasteiger partial charge on any atom is -0.542 e. The molecule has 0 heterocycles. The molecule has 0 fully saturated rings. The fraction of sp³-hybridized carbons (Fsp3) is 0.750. The van der Waals surface area contributed by atoms with Gasteiger partial charge in [-0.05, 0) is 0 Å². The fourth-order valence-electron chi connectivity index (χ4n) is 0.408. The van der Waals surface area contributed by atoms with Gasteiger partial charge < -0.3 is 19.2 Å². The number of hydrogen-bond donors (Lipinski definition) is 0. The van der Waals surface area contributed by atoms with Gasteiger partial charge in [-0.1, -0.05) is 53.4 Å². The van der Waals surface area contributed by atoms with Crippen LogP contribution in [0.4, 0.5) is 0 Å². The Kier molecular flexibility index (Phi) is 78.0. The molecule has 0 atom stereocenters. The second-order valence-corrected chi connectivity index (χ2v) is 3.58. The minimum atomic E-state index is 0. The maximum atomic E-state index is 9.28. The summed E-state index contributed by atoms with van der Waals surface area (Å²) in [5.74, 6) is 0. The number of unbranched alkanes of at least 4 members (excludes halogenated alkanes) is 4. The molecule has 0 unspecified atom stereocenters. The maximum Gasteiger partial charge on any atom is 4.00 e. The predicted octanol–water partition coefficient (Wildman–Crippen LogP) is 3.58. The van der Waals surface area contributed by atoms with E-state index < -0.39 is 0 Å². The van der Waals surface area contributed by atoms with Gasteiger partial charge in [-0.15, -0.1) is 0 Å². The molecule has 0 rings (SSSR count). The molecule has 0 N–H and O–H groups in total. The van der Waals surface area contributed by atoms with Crippen molar-refractivity contribution in [2.75, 3.05) is 0 Å². The molecule has 0 radical (unpaired) electrons. The first-order valence-corrected chi connectivity index (χ1v) is 7.06. The second kappa shape index (κ2) is 50.4. The molecule has 120 valence electrons. The van der Waals surface area contributed by atoms with Crippen LogP contribution in [0.25, 0.3) is 0 Å². The first kappa shape index (κ1) is 32.5. The molecule has 0 aromatic rings. The molecular weight excluding hydrogens is 347 g/mol. The molecule has 0 saturated carbocycles. The van der Waals surface area contributed by atoms with Crippen LogP contribution >= 0.6 is 0 Å². The van der Waals surface area contributed by atoms with Crippen LogP contribution in [0.2, 0.25) is 0 Å². The van der Waals surface area contributed by atoms with Crippen molar-refractivity contribution >= 4 is 25.1 Å². The van der Waals surface area contributed by atoms with Gasteiger partial charge in [-0.2, -0.15) is 25.7 Å². The van der Waals surface area contributed by atoms with Crippen molar-refractivity contribution < 1.29 is 45.4 Å². The first-order chi connectivity index (χ1) is 9.66. The minimum absolute atomic E-state index is 0. The Balaban J connectivity index is -0.0000000533. The third-order valence-electron chi connectivity index (χ3n) is 1.41. The van der Waals surface area contributed by atoms with Crippen molar-refractivity contribution in [1.82, 2.24) is 0 Å². The number of carbonyl (C=O) groups excluding carboxylic acids is 4. The first-order valence-electron chi connectivity index (χ1n) is 7.06. The van der Waals surface area contributed by atoms with E-state index in [1.807, 2.05) is 27.7 Å². The van der Waals surface area contributed by atoms with Gasteiger partial charge in [0.1, 0.15) is 0 Å². The Labute approximate surface area is 149 Å². The molecule has 0 aliphatic heterocycles. The molecule has 0 bridgehead atoms. The fourth-order valence-corrected chi connectivity index (χ4v) is 0.408. The SMILES string of the molecule is CCC[C-]=O.CCC[C-]=O.CCC[C-]=O.CCC[C-]=O.[Zr+4]. The molecule has 0 spiro atoms. The third-order valence-corrected chi connectivity index (χ3v) is 1.41. The van der Waals surface area contributed by atoms with E-state index in [9.17, 15) is 19.2 Å². The quantitative estimate of drug-likeness (QED) is 0.608. The zero-order chi connectivity index (χ0) is 16.5. The summed E-state index contributed by atoms with van der Waals surface area (Å²) >= 11 is 0. The average molecular weight is 376 g/mol. The molecule has 0 aliphatic rings. The van der Waals surface area contributed by atoms with Crippen molar-refractivity contribution in [3.63, 3.8) is 0 Å². The van der Waals surface area contributed by atoms with Crippen LogP contribution in [0.5, 0.6) is 0 Å². The van der Waals surface area contributed by atoms with Gasteiger partial charge in [0.05, 0.1) is 0 Å². The second-order valence-electron chi connectivity index (χ2n) is 3.58. The van der Waals surface area contributed by atoms with Gasteiger partial charge in [0, 0.05) is 0 Å². The third kappa shape index (κ3) is 105. The summed E-state index contributed by atoms with van der Waals surface area (Å²) in [5.41, 5.74) is 0. The Morgan fingerprint density at radius 3 is 0.619 bits per heavy atom. The van der Waals surface area contributed by atoms with Crippen LogP contribution in [0.3, 0.4) is 0 Å².